The molecule has 22 heavy (non-hydrogen) atoms. The molecule has 1 amide bonds. The minimum atomic E-state index is -0.214. The molecule has 7 nitrogen and oxygen atoms in total. The van der Waals surface area contributed by atoms with E-state index in [0.717, 1.165) is 24.3 Å². The summed E-state index contributed by atoms with van der Waals surface area (Å²) >= 11 is 0. The number of carbonyl (C=O) groups excluding carboxylic acids is 1. The fourth-order valence-corrected chi connectivity index (χ4v) is 2.06. The molecule has 0 aliphatic rings. The van der Waals surface area contributed by atoms with Gasteiger partial charge in [-0.25, -0.2) is 4.68 Å². The molecule has 1 aromatic heterocycles. The van der Waals surface area contributed by atoms with Crippen LogP contribution in [0.1, 0.15) is 29.0 Å². The fourth-order valence-electron chi connectivity index (χ4n) is 2.06. The number of nitrogens with two attached hydrogens (primary N) is 1. The van der Waals surface area contributed by atoms with E-state index in [9.17, 15) is 4.79 Å². The zero-order valence-electron chi connectivity index (χ0n) is 12.9. The third-order valence-electron chi connectivity index (χ3n) is 3.34. The summed E-state index contributed by atoms with van der Waals surface area (Å²) in [5.41, 5.74) is 7.28. The SMILES string of the molecule is COc1ccc(-n2nnc(C(=O)NCCCCN)c2C)cc1. The van der Waals surface area contributed by atoms with Gasteiger partial charge in [0.05, 0.1) is 18.5 Å². The Kier molecular flexibility index (Phi) is 5.48. The van der Waals surface area contributed by atoms with E-state index in [1.807, 2.05) is 31.2 Å². The number of nitrogens with one attached hydrogen (secondary N) is 1. The minimum Gasteiger partial charge on any atom is -0.497 e. The molecule has 0 aliphatic heterocycles. The molecule has 0 radical (unpaired) electrons. The lowest BCUT2D eigenvalue weighted by molar-refractivity contribution is 0.0947. The zero-order chi connectivity index (χ0) is 15.9. The molecule has 7 heteroatoms. The van der Waals surface area contributed by atoms with Crippen molar-refractivity contribution in [2.75, 3.05) is 20.2 Å². The lowest BCUT2D eigenvalue weighted by atomic mass is 10.2. The van der Waals surface area contributed by atoms with Gasteiger partial charge in [-0.05, 0) is 50.6 Å². The van der Waals surface area contributed by atoms with E-state index in [-0.39, 0.29) is 5.91 Å². The second-order valence-corrected chi connectivity index (χ2v) is 4.88. The van der Waals surface area contributed by atoms with Crippen LogP contribution in [0.2, 0.25) is 0 Å². The largest absolute Gasteiger partial charge is 0.497 e. The van der Waals surface area contributed by atoms with Crippen LogP contribution in [0.4, 0.5) is 0 Å². The van der Waals surface area contributed by atoms with Gasteiger partial charge in [-0.3, -0.25) is 4.79 Å². The number of aromatic nitrogens is 3. The maximum Gasteiger partial charge on any atom is 0.273 e. The summed E-state index contributed by atoms with van der Waals surface area (Å²) in [6, 6.07) is 7.40. The average molecular weight is 303 g/mol. The Labute approximate surface area is 129 Å². The van der Waals surface area contributed by atoms with Crippen molar-refractivity contribution in [3.8, 4) is 11.4 Å². The smallest absolute Gasteiger partial charge is 0.273 e. The molecule has 0 saturated heterocycles. The first-order valence-corrected chi connectivity index (χ1v) is 7.22. The molecule has 0 spiro atoms. The Morgan fingerprint density at radius 1 is 1.32 bits per heavy atom. The average Bonchev–Trinajstić information content (AvgIpc) is 2.93. The normalized spacial score (nSPS) is 10.5. The molecule has 0 atom stereocenters. The third kappa shape index (κ3) is 3.62. The Morgan fingerprint density at radius 3 is 2.68 bits per heavy atom. The fraction of sp³-hybridized carbons (Fsp3) is 0.400. The van der Waals surface area contributed by atoms with Gasteiger partial charge in [-0.2, -0.15) is 0 Å². The number of hydrogen-bond acceptors (Lipinski definition) is 5. The molecule has 3 N–H and O–H groups in total. The van der Waals surface area contributed by atoms with Crippen molar-refractivity contribution in [3.05, 3.63) is 35.7 Å². The first-order valence-electron chi connectivity index (χ1n) is 7.22. The number of methoxy groups -OCH3 is 1. The topological polar surface area (TPSA) is 95.1 Å². The van der Waals surface area contributed by atoms with Gasteiger partial charge < -0.3 is 15.8 Å². The van der Waals surface area contributed by atoms with E-state index >= 15 is 0 Å². The van der Waals surface area contributed by atoms with Crippen molar-refractivity contribution >= 4 is 5.91 Å². The summed E-state index contributed by atoms with van der Waals surface area (Å²) in [6.07, 6.45) is 1.74. The summed E-state index contributed by atoms with van der Waals surface area (Å²) in [5, 5.41) is 10.9. The number of unbranched alkanes of at least 4 members (excludes halogenated alkanes) is 1. The maximum atomic E-state index is 12.1. The number of ether oxygens (including phenoxy) is 1. The second kappa shape index (κ2) is 7.56. The van der Waals surface area contributed by atoms with Gasteiger partial charge in [-0.15, -0.1) is 5.10 Å². The number of carbonyl (C=O) groups is 1. The Hall–Kier alpha value is -2.41. The van der Waals surface area contributed by atoms with Crippen LogP contribution in [0.25, 0.3) is 5.69 Å². The molecule has 2 aromatic rings. The summed E-state index contributed by atoms with van der Waals surface area (Å²) in [5.74, 6) is 0.550. The van der Waals surface area contributed by atoms with Crippen molar-refractivity contribution < 1.29 is 9.53 Å². The number of benzene rings is 1. The van der Waals surface area contributed by atoms with Gasteiger partial charge >= 0.3 is 0 Å². The lowest BCUT2D eigenvalue weighted by Crippen LogP contribution is -2.26. The zero-order valence-corrected chi connectivity index (χ0v) is 12.9. The first kappa shape index (κ1) is 16.0. The highest BCUT2D eigenvalue weighted by Crippen LogP contribution is 2.16. The quantitative estimate of drug-likeness (QED) is 0.746. The molecular formula is C15H21N5O2. The molecule has 0 aliphatic carbocycles. The highest BCUT2D eigenvalue weighted by Gasteiger charge is 2.16. The van der Waals surface area contributed by atoms with Crippen molar-refractivity contribution in [2.45, 2.75) is 19.8 Å². The van der Waals surface area contributed by atoms with E-state index in [2.05, 4.69) is 15.6 Å². The highest BCUT2D eigenvalue weighted by atomic mass is 16.5. The van der Waals surface area contributed by atoms with E-state index in [4.69, 9.17) is 10.5 Å². The maximum absolute atomic E-state index is 12.1. The monoisotopic (exact) mass is 303 g/mol. The van der Waals surface area contributed by atoms with Gasteiger partial charge in [0.1, 0.15) is 5.75 Å². The van der Waals surface area contributed by atoms with E-state index in [1.165, 1.54) is 0 Å². The molecule has 118 valence electrons. The first-order chi connectivity index (χ1) is 10.7. The van der Waals surface area contributed by atoms with E-state index < -0.39 is 0 Å². The summed E-state index contributed by atoms with van der Waals surface area (Å²) in [6.45, 7) is 3.03. The number of amides is 1. The van der Waals surface area contributed by atoms with Gasteiger partial charge in [-0.1, -0.05) is 5.21 Å². The number of rotatable bonds is 7. The van der Waals surface area contributed by atoms with Crippen LogP contribution in [0.15, 0.2) is 24.3 Å². The molecule has 1 heterocycles. The third-order valence-corrected chi connectivity index (χ3v) is 3.34. The van der Waals surface area contributed by atoms with Crippen molar-refractivity contribution in [1.82, 2.24) is 20.3 Å². The molecule has 0 saturated carbocycles. The van der Waals surface area contributed by atoms with E-state index in [1.54, 1.807) is 11.8 Å². The predicted molar refractivity (Wildman–Crippen MR) is 83.3 cm³/mol. The highest BCUT2D eigenvalue weighted by molar-refractivity contribution is 5.93. The van der Waals surface area contributed by atoms with Crippen LogP contribution in [-0.4, -0.2) is 41.1 Å². The van der Waals surface area contributed by atoms with Crippen LogP contribution in [0.3, 0.4) is 0 Å². The van der Waals surface area contributed by atoms with Crippen molar-refractivity contribution in [3.63, 3.8) is 0 Å². The summed E-state index contributed by atoms with van der Waals surface area (Å²) in [4.78, 5) is 12.1. The minimum absolute atomic E-state index is 0.214. The summed E-state index contributed by atoms with van der Waals surface area (Å²) < 4.78 is 6.76. The van der Waals surface area contributed by atoms with Gasteiger partial charge in [0, 0.05) is 6.54 Å². The molecule has 2 rings (SSSR count). The standard InChI is InChI=1S/C15H21N5O2/c1-11-14(15(21)17-10-4-3-9-16)18-19-20(11)12-5-7-13(22-2)8-6-12/h5-8H,3-4,9-10,16H2,1-2H3,(H,17,21). The van der Waals surface area contributed by atoms with Gasteiger partial charge in [0.2, 0.25) is 0 Å². The lowest BCUT2D eigenvalue weighted by Gasteiger charge is -2.06. The Morgan fingerprint density at radius 2 is 2.05 bits per heavy atom. The Balaban J connectivity index is 2.09. The van der Waals surface area contributed by atoms with Gasteiger partial charge in [0.15, 0.2) is 5.69 Å². The molecule has 1 aromatic carbocycles. The van der Waals surface area contributed by atoms with Crippen molar-refractivity contribution in [2.24, 2.45) is 5.73 Å². The van der Waals surface area contributed by atoms with Crippen molar-refractivity contribution in [1.29, 1.82) is 0 Å². The van der Waals surface area contributed by atoms with Crippen LogP contribution < -0.4 is 15.8 Å². The Bertz CT molecular complexity index is 621. The molecule has 0 unspecified atom stereocenters. The molecule has 0 fully saturated rings. The molecular weight excluding hydrogens is 282 g/mol. The second-order valence-electron chi connectivity index (χ2n) is 4.88. The predicted octanol–water partition coefficient (Wildman–Crippen LogP) is 1.05. The van der Waals surface area contributed by atoms with Crippen LogP contribution in [-0.2, 0) is 0 Å². The molecule has 0 bridgehead atoms. The number of hydrogen-bond donors (Lipinski definition) is 2. The van der Waals surface area contributed by atoms with Crippen LogP contribution >= 0.6 is 0 Å². The van der Waals surface area contributed by atoms with Gasteiger partial charge in [0.25, 0.3) is 5.91 Å². The number of nitrogens with zero attached hydrogens (tertiary/aromatic N) is 3. The van der Waals surface area contributed by atoms with Crippen LogP contribution in [0, 0.1) is 6.92 Å². The van der Waals surface area contributed by atoms with Crippen LogP contribution in [0.5, 0.6) is 5.75 Å². The summed E-state index contributed by atoms with van der Waals surface area (Å²) in [7, 11) is 1.61. The van der Waals surface area contributed by atoms with E-state index in [0.29, 0.717) is 24.5 Å².